The van der Waals surface area contributed by atoms with E-state index >= 15 is 0 Å². The van der Waals surface area contributed by atoms with Crippen LogP contribution in [-0.2, 0) is 9.53 Å². The van der Waals surface area contributed by atoms with Crippen LogP contribution in [0.3, 0.4) is 0 Å². The summed E-state index contributed by atoms with van der Waals surface area (Å²) in [7, 11) is 0. The highest BCUT2D eigenvalue weighted by Crippen LogP contribution is 2.37. The normalized spacial score (nSPS) is 25.3. The van der Waals surface area contributed by atoms with Crippen molar-refractivity contribution in [1.29, 1.82) is 0 Å². The summed E-state index contributed by atoms with van der Waals surface area (Å²) in [5.41, 5.74) is -0.423. The lowest BCUT2D eigenvalue weighted by molar-refractivity contribution is -0.122. The van der Waals surface area contributed by atoms with Gasteiger partial charge < -0.3 is 15.4 Å². The fraction of sp³-hybridized carbons (Fsp3) is 0.933. The average Bonchev–Trinajstić information content (AvgIpc) is 2.30. The third kappa shape index (κ3) is 5.49. The van der Waals surface area contributed by atoms with Gasteiger partial charge in [0.15, 0.2) is 0 Å². The smallest absolute Gasteiger partial charge is 0.221 e. The Hall–Kier alpha value is -0.610. The summed E-state index contributed by atoms with van der Waals surface area (Å²) >= 11 is 0. The molecule has 1 fully saturated rings. The highest BCUT2D eigenvalue weighted by atomic mass is 16.5. The predicted octanol–water partition coefficient (Wildman–Crippen LogP) is 2.23. The van der Waals surface area contributed by atoms with Crippen molar-refractivity contribution in [2.45, 2.75) is 84.1 Å². The molecule has 1 aliphatic heterocycles. The molecule has 1 unspecified atom stereocenters. The minimum Gasteiger partial charge on any atom is -0.368 e. The molecule has 0 aromatic heterocycles. The highest BCUT2D eigenvalue weighted by molar-refractivity contribution is 5.76. The largest absolute Gasteiger partial charge is 0.368 e. The average molecular weight is 270 g/mol. The minimum absolute atomic E-state index is 0.0885. The van der Waals surface area contributed by atoms with Gasteiger partial charge in [-0.1, -0.05) is 0 Å². The second kappa shape index (κ2) is 5.41. The zero-order valence-electron chi connectivity index (χ0n) is 13.5. The Morgan fingerprint density at radius 3 is 2.26 bits per heavy atom. The Kier molecular flexibility index (Phi) is 4.68. The van der Waals surface area contributed by atoms with E-state index in [2.05, 4.69) is 38.3 Å². The van der Waals surface area contributed by atoms with Gasteiger partial charge in [-0.25, -0.2) is 0 Å². The molecule has 1 saturated heterocycles. The van der Waals surface area contributed by atoms with E-state index in [1.807, 2.05) is 20.8 Å². The molecule has 0 aliphatic carbocycles. The van der Waals surface area contributed by atoms with Gasteiger partial charge in [0.25, 0.3) is 0 Å². The third-order valence-corrected chi connectivity index (χ3v) is 3.33. The van der Waals surface area contributed by atoms with E-state index in [1.54, 1.807) is 0 Å². The van der Waals surface area contributed by atoms with Crippen molar-refractivity contribution in [1.82, 2.24) is 10.6 Å². The minimum atomic E-state index is -0.177. The number of amides is 1. The van der Waals surface area contributed by atoms with Crippen LogP contribution in [-0.4, -0.2) is 35.2 Å². The molecule has 0 spiro atoms. The molecule has 0 saturated carbocycles. The molecule has 2 N–H and O–H groups in total. The van der Waals surface area contributed by atoms with Gasteiger partial charge in [-0.3, -0.25) is 4.79 Å². The molecule has 4 heteroatoms. The molecule has 4 nitrogen and oxygen atoms in total. The molecule has 19 heavy (non-hydrogen) atoms. The van der Waals surface area contributed by atoms with E-state index in [4.69, 9.17) is 4.74 Å². The van der Waals surface area contributed by atoms with Gasteiger partial charge >= 0.3 is 0 Å². The lowest BCUT2D eigenvalue weighted by Gasteiger charge is -2.28. The molecular weight excluding hydrogens is 240 g/mol. The van der Waals surface area contributed by atoms with Gasteiger partial charge in [-0.05, 0) is 54.9 Å². The summed E-state index contributed by atoms with van der Waals surface area (Å²) < 4.78 is 6.02. The predicted molar refractivity (Wildman–Crippen MR) is 78.2 cm³/mol. The molecule has 1 rings (SSSR count). The first-order valence-corrected chi connectivity index (χ1v) is 7.16. The van der Waals surface area contributed by atoms with Crippen LogP contribution in [0.5, 0.6) is 0 Å². The van der Waals surface area contributed by atoms with Gasteiger partial charge in [0, 0.05) is 24.5 Å². The Balaban J connectivity index is 2.36. The number of hydrogen-bond acceptors (Lipinski definition) is 3. The highest BCUT2D eigenvalue weighted by Gasteiger charge is 2.45. The van der Waals surface area contributed by atoms with Crippen LogP contribution in [0.2, 0.25) is 0 Å². The van der Waals surface area contributed by atoms with Gasteiger partial charge in [-0.2, -0.15) is 0 Å². The van der Waals surface area contributed by atoms with E-state index in [9.17, 15) is 4.79 Å². The van der Waals surface area contributed by atoms with Crippen molar-refractivity contribution in [3.8, 4) is 0 Å². The van der Waals surface area contributed by atoms with Crippen molar-refractivity contribution in [2.75, 3.05) is 6.54 Å². The molecule has 1 aliphatic rings. The maximum Gasteiger partial charge on any atom is 0.221 e. The van der Waals surface area contributed by atoms with Crippen molar-refractivity contribution in [2.24, 2.45) is 0 Å². The molecule has 0 aromatic carbocycles. The lowest BCUT2D eigenvalue weighted by atomic mass is 9.94. The zero-order valence-corrected chi connectivity index (χ0v) is 13.5. The van der Waals surface area contributed by atoms with Crippen molar-refractivity contribution in [3.63, 3.8) is 0 Å². The van der Waals surface area contributed by atoms with Gasteiger partial charge in [0.05, 0.1) is 11.2 Å². The second-order valence-electron chi connectivity index (χ2n) is 7.72. The van der Waals surface area contributed by atoms with E-state index in [0.29, 0.717) is 19.0 Å². The Labute approximate surface area is 117 Å². The third-order valence-electron chi connectivity index (χ3n) is 3.33. The van der Waals surface area contributed by atoms with Crippen molar-refractivity contribution < 1.29 is 9.53 Å². The summed E-state index contributed by atoms with van der Waals surface area (Å²) in [4.78, 5) is 11.7. The van der Waals surface area contributed by atoms with Gasteiger partial charge in [0.1, 0.15) is 0 Å². The molecule has 1 amide bonds. The van der Waals surface area contributed by atoms with E-state index in [0.717, 1.165) is 6.42 Å². The summed E-state index contributed by atoms with van der Waals surface area (Å²) in [6.07, 6.45) is 1.48. The standard InChI is InChI=1S/C15H30N2O2/c1-13(2,3)17-12(18)8-9-16-11-10-14(4,5)19-15(11,6)7/h11,16H,8-10H2,1-7H3,(H,17,18). The van der Waals surface area contributed by atoms with Crippen LogP contribution >= 0.6 is 0 Å². The molecular formula is C15H30N2O2. The molecule has 112 valence electrons. The summed E-state index contributed by atoms with van der Waals surface area (Å²) in [5, 5.41) is 6.43. The molecule has 0 radical (unpaired) electrons. The fourth-order valence-electron chi connectivity index (χ4n) is 2.72. The van der Waals surface area contributed by atoms with Crippen molar-refractivity contribution >= 4 is 5.91 Å². The maximum atomic E-state index is 11.7. The van der Waals surface area contributed by atoms with Crippen LogP contribution in [0.15, 0.2) is 0 Å². The Morgan fingerprint density at radius 2 is 1.84 bits per heavy atom. The monoisotopic (exact) mass is 270 g/mol. The van der Waals surface area contributed by atoms with Gasteiger partial charge in [0.2, 0.25) is 5.91 Å². The zero-order chi connectivity index (χ0) is 14.9. The number of rotatable bonds is 4. The van der Waals surface area contributed by atoms with E-state index in [-0.39, 0.29) is 22.6 Å². The second-order valence-corrected chi connectivity index (χ2v) is 7.72. The van der Waals surface area contributed by atoms with E-state index in [1.165, 1.54) is 0 Å². The Bertz CT molecular complexity index is 330. The van der Waals surface area contributed by atoms with Crippen LogP contribution in [0.1, 0.15) is 61.3 Å². The maximum absolute atomic E-state index is 11.7. The first-order chi connectivity index (χ1) is 8.41. The van der Waals surface area contributed by atoms with Crippen LogP contribution < -0.4 is 10.6 Å². The number of carbonyl (C=O) groups excluding carboxylic acids is 1. The lowest BCUT2D eigenvalue weighted by Crippen LogP contribution is -2.46. The first kappa shape index (κ1) is 16.4. The summed E-state index contributed by atoms with van der Waals surface area (Å²) in [6.45, 7) is 15.1. The number of hydrogen-bond donors (Lipinski definition) is 2. The summed E-state index contributed by atoms with van der Waals surface area (Å²) in [5.74, 6) is 0.0935. The first-order valence-electron chi connectivity index (χ1n) is 7.16. The molecule has 1 heterocycles. The van der Waals surface area contributed by atoms with E-state index < -0.39 is 0 Å². The van der Waals surface area contributed by atoms with Gasteiger partial charge in [-0.15, -0.1) is 0 Å². The van der Waals surface area contributed by atoms with Crippen molar-refractivity contribution in [3.05, 3.63) is 0 Å². The van der Waals surface area contributed by atoms with Crippen LogP contribution in [0.4, 0.5) is 0 Å². The SMILES string of the molecule is CC(C)(C)NC(=O)CCNC1CC(C)(C)OC1(C)C. The number of ether oxygens (including phenoxy) is 1. The molecule has 0 aromatic rings. The molecule has 0 bridgehead atoms. The molecule has 1 atom stereocenters. The van der Waals surface area contributed by atoms with Crippen LogP contribution in [0, 0.1) is 0 Å². The van der Waals surface area contributed by atoms with Crippen LogP contribution in [0.25, 0.3) is 0 Å². The number of nitrogens with one attached hydrogen (secondary N) is 2. The number of carbonyl (C=O) groups is 1. The topological polar surface area (TPSA) is 50.4 Å². The quantitative estimate of drug-likeness (QED) is 0.823. The Morgan fingerprint density at radius 1 is 1.26 bits per heavy atom. The fourth-order valence-corrected chi connectivity index (χ4v) is 2.72. The summed E-state index contributed by atoms with van der Waals surface area (Å²) in [6, 6.07) is 0.296.